The molecular weight excluding hydrogens is 330 g/mol. The monoisotopic (exact) mass is 351 g/mol. The molecule has 0 amide bonds. The Morgan fingerprint density at radius 3 is 2.52 bits per heavy atom. The summed E-state index contributed by atoms with van der Waals surface area (Å²) in [4.78, 5) is 0. The summed E-state index contributed by atoms with van der Waals surface area (Å²) in [6.07, 6.45) is 3.01. The van der Waals surface area contributed by atoms with Crippen LogP contribution in [-0.2, 0) is 25.8 Å². The van der Waals surface area contributed by atoms with Gasteiger partial charge in [-0.3, -0.25) is 4.68 Å². The van der Waals surface area contributed by atoms with Crippen LogP contribution in [0, 0.1) is 0 Å². The second-order valence-corrected chi connectivity index (χ2v) is 6.93. The van der Waals surface area contributed by atoms with Gasteiger partial charge in [-0.05, 0) is 37.1 Å². The summed E-state index contributed by atoms with van der Waals surface area (Å²) in [5, 5.41) is 9.21. The highest BCUT2D eigenvalue weighted by Crippen LogP contribution is 2.29. The maximum atomic E-state index is 6.09. The number of fused-ring (bicyclic) bond motifs is 1. The van der Waals surface area contributed by atoms with Crippen molar-refractivity contribution in [3.8, 4) is 11.3 Å². The van der Waals surface area contributed by atoms with Crippen LogP contribution in [0.25, 0.3) is 11.3 Å². The van der Waals surface area contributed by atoms with E-state index in [0.717, 1.165) is 43.9 Å². The number of aromatic nitrogens is 2. The van der Waals surface area contributed by atoms with Gasteiger partial charge in [-0.1, -0.05) is 54.1 Å². The summed E-state index contributed by atoms with van der Waals surface area (Å²) in [6.45, 7) is 2.91. The van der Waals surface area contributed by atoms with E-state index in [1.54, 1.807) is 0 Å². The first-order chi connectivity index (χ1) is 12.3. The summed E-state index contributed by atoms with van der Waals surface area (Å²) in [7, 11) is 0. The van der Waals surface area contributed by atoms with Crippen molar-refractivity contribution in [1.82, 2.24) is 15.1 Å². The van der Waals surface area contributed by atoms with E-state index in [4.69, 9.17) is 16.7 Å². The molecule has 1 aromatic heterocycles. The molecule has 4 rings (SSSR count). The molecule has 0 unspecified atom stereocenters. The minimum atomic E-state index is 0.770. The lowest BCUT2D eigenvalue weighted by Gasteiger charge is -2.11. The second kappa shape index (κ2) is 7.42. The van der Waals surface area contributed by atoms with Crippen LogP contribution in [0.2, 0.25) is 5.02 Å². The van der Waals surface area contributed by atoms with Gasteiger partial charge in [0.15, 0.2) is 0 Å². The number of hydrogen-bond acceptors (Lipinski definition) is 2. The first kappa shape index (κ1) is 16.4. The fourth-order valence-corrected chi connectivity index (χ4v) is 3.66. The summed E-state index contributed by atoms with van der Waals surface area (Å²) in [5.74, 6) is 0. The van der Waals surface area contributed by atoms with Crippen LogP contribution in [-0.4, -0.2) is 22.9 Å². The second-order valence-electron chi connectivity index (χ2n) is 6.49. The Balaban J connectivity index is 1.71. The number of halogens is 1. The van der Waals surface area contributed by atoms with Gasteiger partial charge in [-0.2, -0.15) is 5.10 Å². The Kier molecular flexibility index (Phi) is 4.86. The van der Waals surface area contributed by atoms with E-state index in [2.05, 4.69) is 52.5 Å². The largest absolute Gasteiger partial charge is 0.316 e. The zero-order chi connectivity index (χ0) is 17.1. The van der Waals surface area contributed by atoms with Crippen molar-refractivity contribution in [1.29, 1.82) is 0 Å². The molecule has 0 bridgehead atoms. The molecule has 0 saturated carbocycles. The van der Waals surface area contributed by atoms with Gasteiger partial charge in [0.25, 0.3) is 0 Å². The van der Waals surface area contributed by atoms with E-state index in [1.165, 1.54) is 28.1 Å². The summed E-state index contributed by atoms with van der Waals surface area (Å²) in [5.41, 5.74) is 6.43. The molecule has 1 aliphatic heterocycles. The smallest absolute Gasteiger partial charge is 0.0717 e. The summed E-state index contributed by atoms with van der Waals surface area (Å²) >= 11 is 6.09. The Bertz CT molecular complexity index is 838. The van der Waals surface area contributed by atoms with E-state index in [1.807, 2.05) is 12.1 Å². The van der Waals surface area contributed by atoms with Gasteiger partial charge in [0.05, 0.1) is 11.4 Å². The van der Waals surface area contributed by atoms with Gasteiger partial charge in [-0.15, -0.1) is 0 Å². The number of aryl methyl sites for hydroxylation is 2. The Hall–Kier alpha value is -2.10. The van der Waals surface area contributed by atoms with Crippen LogP contribution >= 0.6 is 11.6 Å². The van der Waals surface area contributed by atoms with Gasteiger partial charge in [0, 0.05) is 35.7 Å². The Morgan fingerprint density at radius 2 is 1.72 bits per heavy atom. The normalized spacial score (nSPS) is 14.1. The maximum Gasteiger partial charge on any atom is 0.0717 e. The summed E-state index contributed by atoms with van der Waals surface area (Å²) < 4.78 is 2.20. The number of hydrogen-bond donors (Lipinski definition) is 1. The van der Waals surface area contributed by atoms with Crippen molar-refractivity contribution < 1.29 is 0 Å². The molecule has 3 aromatic rings. The van der Waals surface area contributed by atoms with Crippen LogP contribution in [0.15, 0.2) is 54.6 Å². The SMILES string of the molecule is Clc1ccc(-c2c3c(nn2CCc2ccccc2)CCNCC3)cc1. The third kappa shape index (κ3) is 3.63. The third-order valence-electron chi connectivity index (χ3n) is 4.80. The molecule has 128 valence electrons. The van der Waals surface area contributed by atoms with Crippen molar-refractivity contribution in [2.24, 2.45) is 0 Å². The molecule has 0 spiro atoms. The fourth-order valence-electron chi connectivity index (χ4n) is 3.53. The molecule has 1 N–H and O–H groups in total. The van der Waals surface area contributed by atoms with E-state index in [-0.39, 0.29) is 0 Å². The van der Waals surface area contributed by atoms with Crippen molar-refractivity contribution in [2.75, 3.05) is 13.1 Å². The lowest BCUT2D eigenvalue weighted by atomic mass is 10.0. The van der Waals surface area contributed by atoms with Crippen LogP contribution < -0.4 is 5.32 Å². The van der Waals surface area contributed by atoms with Crippen LogP contribution in [0.4, 0.5) is 0 Å². The molecule has 0 fully saturated rings. The number of nitrogens with one attached hydrogen (secondary N) is 1. The first-order valence-electron chi connectivity index (χ1n) is 8.90. The standard InChI is InChI=1S/C21H22ClN3/c22-18-8-6-17(7-9-18)21-19-10-13-23-14-11-20(19)24-25(21)15-12-16-4-2-1-3-5-16/h1-9,23H,10-15H2. The van der Waals surface area contributed by atoms with E-state index >= 15 is 0 Å². The average molecular weight is 352 g/mol. The molecule has 4 heteroatoms. The van der Waals surface area contributed by atoms with E-state index in [0.29, 0.717) is 0 Å². The molecule has 2 aromatic carbocycles. The van der Waals surface area contributed by atoms with Gasteiger partial charge >= 0.3 is 0 Å². The Labute approximate surface area is 153 Å². The highest BCUT2D eigenvalue weighted by Gasteiger charge is 2.20. The maximum absolute atomic E-state index is 6.09. The Morgan fingerprint density at radius 1 is 0.960 bits per heavy atom. The molecule has 3 nitrogen and oxygen atoms in total. The zero-order valence-corrected chi connectivity index (χ0v) is 15.0. The van der Waals surface area contributed by atoms with Crippen LogP contribution in [0.3, 0.4) is 0 Å². The van der Waals surface area contributed by atoms with Gasteiger partial charge in [-0.25, -0.2) is 0 Å². The molecule has 0 radical (unpaired) electrons. The third-order valence-corrected chi connectivity index (χ3v) is 5.05. The van der Waals surface area contributed by atoms with E-state index in [9.17, 15) is 0 Å². The predicted molar refractivity (Wildman–Crippen MR) is 103 cm³/mol. The van der Waals surface area contributed by atoms with Crippen LogP contribution in [0.1, 0.15) is 16.8 Å². The van der Waals surface area contributed by atoms with E-state index < -0.39 is 0 Å². The number of nitrogens with zero attached hydrogens (tertiary/aromatic N) is 2. The quantitative estimate of drug-likeness (QED) is 0.765. The first-order valence-corrected chi connectivity index (χ1v) is 9.28. The van der Waals surface area contributed by atoms with Crippen molar-refractivity contribution in [3.63, 3.8) is 0 Å². The molecular formula is C21H22ClN3. The lowest BCUT2D eigenvalue weighted by Crippen LogP contribution is -2.17. The predicted octanol–water partition coefficient (Wildman–Crippen LogP) is 4.13. The zero-order valence-electron chi connectivity index (χ0n) is 14.2. The topological polar surface area (TPSA) is 29.9 Å². The highest BCUT2D eigenvalue weighted by molar-refractivity contribution is 6.30. The van der Waals surface area contributed by atoms with Gasteiger partial charge in [0.2, 0.25) is 0 Å². The molecule has 2 heterocycles. The minimum Gasteiger partial charge on any atom is -0.316 e. The number of benzene rings is 2. The fraction of sp³-hybridized carbons (Fsp3) is 0.286. The highest BCUT2D eigenvalue weighted by atomic mass is 35.5. The molecule has 0 aliphatic carbocycles. The lowest BCUT2D eigenvalue weighted by molar-refractivity contribution is 0.604. The van der Waals surface area contributed by atoms with Crippen molar-refractivity contribution in [2.45, 2.75) is 25.8 Å². The average Bonchev–Trinajstić information content (AvgIpc) is 2.83. The number of rotatable bonds is 4. The van der Waals surface area contributed by atoms with Gasteiger partial charge < -0.3 is 5.32 Å². The molecule has 0 atom stereocenters. The minimum absolute atomic E-state index is 0.770. The molecule has 0 saturated heterocycles. The van der Waals surface area contributed by atoms with Crippen LogP contribution in [0.5, 0.6) is 0 Å². The van der Waals surface area contributed by atoms with Crippen molar-refractivity contribution in [3.05, 3.63) is 76.4 Å². The van der Waals surface area contributed by atoms with Crippen molar-refractivity contribution >= 4 is 11.6 Å². The summed E-state index contributed by atoms with van der Waals surface area (Å²) in [6, 6.07) is 18.8. The molecule has 1 aliphatic rings. The van der Waals surface area contributed by atoms with Gasteiger partial charge in [0.1, 0.15) is 0 Å². The molecule has 25 heavy (non-hydrogen) atoms.